The van der Waals surface area contributed by atoms with Crippen molar-refractivity contribution >= 4 is 11.6 Å². The minimum Gasteiger partial charge on any atom is -0.326 e. The lowest BCUT2D eigenvalue weighted by atomic mass is 10.0. The number of halogens is 2. The van der Waals surface area contributed by atoms with Crippen LogP contribution in [0.25, 0.3) is 0 Å². The van der Waals surface area contributed by atoms with E-state index in [1.807, 2.05) is 0 Å². The van der Waals surface area contributed by atoms with Crippen molar-refractivity contribution in [2.75, 3.05) is 5.32 Å². The SMILES string of the molecule is O=C(CC1CCCC1)Nc1cc(F)cc(F)c1. The highest BCUT2D eigenvalue weighted by Gasteiger charge is 2.18. The van der Waals surface area contributed by atoms with E-state index < -0.39 is 11.6 Å². The van der Waals surface area contributed by atoms with E-state index in [2.05, 4.69) is 5.32 Å². The Labute approximate surface area is 99.0 Å². The highest BCUT2D eigenvalue weighted by atomic mass is 19.1. The lowest BCUT2D eigenvalue weighted by molar-refractivity contribution is -0.117. The number of carbonyl (C=O) groups excluding carboxylic acids is 1. The van der Waals surface area contributed by atoms with Crippen molar-refractivity contribution in [1.82, 2.24) is 0 Å². The molecular formula is C13H15F2NO. The molecule has 4 heteroatoms. The topological polar surface area (TPSA) is 29.1 Å². The van der Waals surface area contributed by atoms with E-state index in [4.69, 9.17) is 0 Å². The largest absolute Gasteiger partial charge is 0.326 e. The Morgan fingerprint density at radius 3 is 2.35 bits per heavy atom. The third kappa shape index (κ3) is 3.51. The summed E-state index contributed by atoms with van der Waals surface area (Å²) in [6.07, 6.45) is 4.94. The molecule has 1 N–H and O–H groups in total. The lowest BCUT2D eigenvalue weighted by Crippen LogP contribution is -2.15. The van der Waals surface area contributed by atoms with Crippen molar-refractivity contribution in [2.45, 2.75) is 32.1 Å². The Morgan fingerprint density at radius 2 is 1.76 bits per heavy atom. The normalized spacial score (nSPS) is 16.1. The molecule has 1 aliphatic rings. The van der Waals surface area contributed by atoms with Gasteiger partial charge in [-0.3, -0.25) is 4.79 Å². The maximum atomic E-state index is 12.9. The number of rotatable bonds is 3. The van der Waals surface area contributed by atoms with Gasteiger partial charge in [-0.25, -0.2) is 8.78 Å². The Morgan fingerprint density at radius 1 is 1.18 bits per heavy atom. The number of hydrogen-bond donors (Lipinski definition) is 1. The van der Waals surface area contributed by atoms with Crippen molar-refractivity contribution in [1.29, 1.82) is 0 Å². The van der Waals surface area contributed by atoms with Gasteiger partial charge in [-0.1, -0.05) is 12.8 Å². The van der Waals surface area contributed by atoms with Gasteiger partial charge >= 0.3 is 0 Å². The van der Waals surface area contributed by atoms with Gasteiger partial charge in [0.1, 0.15) is 11.6 Å². The van der Waals surface area contributed by atoms with Crippen LogP contribution in [0.15, 0.2) is 18.2 Å². The number of carbonyl (C=O) groups is 1. The molecule has 0 bridgehead atoms. The third-order valence-electron chi connectivity index (χ3n) is 3.10. The quantitative estimate of drug-likeness (QED) is 0.859. The highest BCUT2D eigenvalue weighted by molar-refractivity contribution is 5.90. The van der Waals surface area contributed by atoms with Crippen LogP contribution in [0.3, 0.4) is 0 Å². The van der Waals surface area contributed by atoms with Crippen molar-refractivity contribution in [3.05, 3.63) is 29.8 Å². The predicted octanol–water partition coefficient (Wildman–Crippen LogP) is 3.48. The van der Waals surface area contributed by atoms with Crippen molar-refractivity contribution < 1.29 is 13.6 Å². The van der Waals surface area contributed by atoms with Crippen LogP contribution in [0.5, 0.6) is 0 Å². The first-order chi connectivity index (χ1) is 8.13. The molecule has 1 fully saturated rings. The third-order valence-corrected chi connectivity index (χ3v) is 3.10. The number of amides is 1. The van der Waals surface area contributed by atoms with E-state index in [1.54, 1.807) is 0 Å². The second-order valence-electron chi connectivity index (χ2n) is 4.56. The number of benzene rings is 1. The summed E-state index contributed by atoms with van der Waals surface area (Å²) >= 11 is 0. The van der Waals surface area contributed by atoms with Gasteiger partial charge in [-0.05, 0) is 30.9 Å². The molecule has 0 spiro atoms. The Bertz CT molecular complexity index is 394. The maximum Gasteiger partial charge on any atom is 0.224 e. The van der Waals surface area contributed by atoms with Gasteiger partial charge < -0.3 is 5.32 Å². The van der Waals surface area contributed by atoms with Crippen molar-refractivity contribution in [2.24, 2.45) is 5.92 Å². The van der Waals surface area contributed by atoms with Gasteiger partial charge in [-0.2, -0.15) is 0 Å². The first-order valence-electron chi connectivity index (χ1n) is 5.89. The minimum absolute atomic E-state index is 0.165. The van der Waals surface area contributed by atoms with Crippen LogP contribution in [-0.4, -0.2) is 5.91 Å². The average molecular weight is 239 g/mol. The van der Waals surface area contributed by atoms with E-state index in [0.29, 0.717) is 12.3 Å². The van der Waals surface area contributed by atoms with Crippen LogP contribution in [0, 0.1) is 17.6 Å². The molecule has 2 rings (SSSR count). The smallest absolute Gasteiger partial charge is 0.224 e. The Balaban J connectivity index is 1.92. The van der Waals surface area contributed by atoms with Crippen LogP contribution in [0.2, 0.25) is 0 Å². The lowest BCUT2D eigenvalue weighted by Gasteiger charge is -2.09. The van der Waals surface area contributed by atoms with Gasteiger partial charge in [0, 0.05) is 18.2 Å². The van der Waals surface area contributed by atoms with Gasteiger partial charge in [0.05, 0.1) is 0 Å². The Kier molecular flexibility index (Phi) is 3.71. The number of nitrogens with one attached hydrogen (secondary N) is 1. The van der Waals surface area contributed by atoms with Crippen LogP contribution < -0.4 is 5.32 Å². The molecule has 0 atom stereocenters. The van der Waals surface area contributed by atoms with E-state index in [-0.39, 0.29) is 11.6 Å². The summed E-state index contributed by atoms with van der Waals surface area (Å²) in [6.45, 7) is 0. The standard InChI is InChI=1S/C13H15F2NO/c14-10-6-11(15)8-12(7-10)16-13(17)5-9-3-1-2-4-9/h6-9H,1-5H2,(H,16,17). The second-order valence-corrected chi connectivity index (χ2v) is 4.56. The summed E-state index contributed by atoms with van der Waals surface area (Å²) in [7, 11) is 0. The van der Waals surface area contributed by atoms with Crippen LogP contribution >= 0.6 is 0 Å². The fourth-order valence-electron chi connectivity index (χ4n) is 2.31. The molecule has 92 valence electrons. The molecule has 0 aromatic heterocycles. The van der Waals surface area contributed by atoms with Crippen molar-refractivity contribution in [3.8, 4) is 0 Å². The number of anilines is 1. The minimum atomic E-state index is -0.679. The summed E-state index contributed by atoms with van der Waals surface area (Å²) < 4.78 is 25.8. The monoisotopic (exact) mass is 239 g/mol. The molecule has 2 nitrogen and oxygen atoms in total. The molecule has 0 heterocycles. The van der Waals surface area contributed by atoms with Crippen LogP contribution in [-0.2, 0) is 4.79 Å². The summed E-state index contributed by atoms with van der Waals surface area (Å²) in [5, 5.41) is 2.53. The van der Waals surface area contributed by atoms with E-state index in [0.717, 1.165) is 31.0 Å². The van der Waals surface area contributed by atoms with Crippen molar-refractivity contribution in [3.63, 3.8) is 0 Å². The zero-order valence-electron chi connectivity index (χ0n) is 9.51. The molecule has 1 aromatic carbocycles. The molecule has 0 radical (unpaired) electrons. The molecule has 17 heavy (non-hydrogen) atoms. The summed E-state index contributed by atoms with van der Waals surface area (Å²) in [5.41, 5.74) is 0.186. The zero-order chi connectivity index (χ0) is 12.3. The van der Waals surface area contributed by atoms with Gasteiger partial charge in [0.25, 0.3) is 0 Å². The molecular weight excluding hydrogens is 224 g/mol. The summed E-state index contributed by atoms with van der Waals surface area (Å²) in [6, 6.07) is 3.03. The fraction of sp³-hybridized carbons (Fsp3) is 0.462. The second kappa shape index (κ2) is 5.25. The maximum absolute atomic E-state index is 12.9. The first-order valence-corrected chi connectivity index (χ1v) is 5.89. The van der Waals surface area contributed by atoms with E-state index in [9.17, 15) is 13.6 Å². The summed E-state index contributed by atoms with van der Waals surface area (Å²) in [5.74, 6) is -1.10. The molecule has 1 aromatic rings. The molecule has 0 aliphatic heterocycles. The predicted molar refractivity (Wildman–Crippen MR) is 61.6 cm³/mol. The van der Waals surface area contributed by atoms with Gasteiger partial charge in [0.15, 0.2) is 0 Å². The number of hydrogen-bond acceptors (Lipinski definition) is 1. The first kappa shape index (κ1) is 12.0. The fourth-order valence-corrected chi connectivity index (χ4v) is 2.31. The van der Waals surface area contributed by atoms with E-state index in [1.165, 1.54) is 12.8 Å². The zero-order valence-corrected chi connectivity index (χ0v) is 9.51. The molecule has 1 saturated carbocycles. The molecule has 1 amide bonds. The average Bonchev–Trinajstić information content (AvgIpc) is 2.67. The highest BCUT2D eigenvalue weighted by Crippen LogP contribution is 2.27. The van der Waals surface area contributed by atoms with Crippen LogP contribution in [0.4, 0.5) is 14.5 Å². The van der Waals surface area contributed by atoms with E-state index >= 15 is 0 Å². The Hall–Kier alpha value is -1.45. The molecule has 0 unspecified atom stereocenters. The molecule has 1 aliphatic carbocycles. The van der Waals surface area contributed by atoms with Gasteiger partial charge in [0.2, 0.25) is 5.91 Å². The van der Waals surface area contributed by atoms with Gasteiger partial charge in [-0.15, -0.1) is 0 Å². The van der Waals surface area contributed by atoms with Crippen LogP contribution in [0.1, 0.15) is 32.1 Å². The molecule has 0 saturated heterocycles. The summed E-state index contributed by atoms with van der Waals surface area (Å²) in [4.78, 5) is 11.6.